The number of nitrogens with one attached hydrogen (secondary N) is 1. The average Bonchev–Trinajstić information content (AvgIpc) is 2.37. The first-order valence-corrected chi connectivity index (χ1v) is 5.44. The lowest BCUT2D eigenvalue weighted by atomic mass is 10.1. The SMILES string of the molecule is COc1cc(C(=O)NC(CC(=O)O)C(=O)O)ccc1F. The van der Waals surface area contributed by atoms with Crippen LogP contribution in [0.1, 0.15) is 16.8 Å². The summed E-state index contributed by atoms with van der Waals surface area (Å²) in [6.45, 7) is 0. The molecule has 0 fully saturated rings. The molecule has 0 radical (unpaired) electrons. The smallest absolute Gasteiger partial charge is 0.326 e. The molecule has 1 aromatic rings. The van der Waals surface area contributed by atoms with E-state index in [-0.39, 0.29) is 11.3 Å². The molecule has 20 heavy (non-hydrogen) atoms. The summed E-state index contributed by atoms with van der Waals surface area (Å²) in [5.41, 5.74) is -0.0418. The summed E-state index contributed by atoms with van der Waals surface area (Å²) in [6.07, 6.45) is -0.764. The fourth-order valence-electron chi connectivity index (χ4n) is 1.42. The van der Waals surface area contributed by atoms with Gasteiger partial charge in [0.05, 0.1) is 13.5 Å². The lowest BCUT2D eigenvalue weighted by Crippen LogP contribution is -2.42. The lowest BCUT2D eigenvalue weighted by molar-refractivity contribution is -0.145. The van der Waals surface area contributed by atoms with Crippen LogP contribution < -0.4 is 10.1 Å². The van der Waals surface area contributed by atoms with Crippen LogP contribution in [0.4, 0.5) is 4.39 Å². The molecule has 1 rings (SSSR count). The summed E-state index contributed by atoms with van der Waals surface area (Å²) >= 11 is 0. The zero-order valence-electron chi connectivity index (χ0n) is 10.4. The van der Waals surface area contributed by atoms with Crippen LogP contribution in [0.25, 0.3) is 0 Å². The van der Waals surface area contributed by atoms with Gasteiger partial charge in [-0.15, -0.1) is 0 Å². The molecule has 0 saturated carbocycles. The molecule has 0 spiro atoms. The molecule has 1 aromatic carbocycles. The van der Waals surface area contributed by atoms with Gasteiger partial charge in [-0.1, -0.05) is 0 Å². The van der Waals surface area contributed by atoms with Crippen LogP contribution in [-0.4, -0.2) is 41.2 Å². The summed E-state index contributed by atoms with van der Waals surface area (Å²) in [5.74, 6) is -4.53. The highest BCUT2D eigenvalue weighted by Crippen LogP contribution is 2.18. The molecule has 3 N–H and O–H groups in total. The molecular weight excluding hydrogens is 273 g/mol. The average molecular weight is 285 g/mol. The van der Waals surface area contributed by atoms with Crippen molar-refractivity contribution < 1.29 is 33.7 Å². The van der Waals surface area contributed by atoms with E-state index in [9.17, 15) is 18.8 Å². The molecule has 0 aliphatic heterocycles. The van der Waals surface area contributed by atoms with Gasteiger partial charge in [0.1, 0.15) is 6.04 Å². The van der Waals surface area contributed by atoms with E-state index in [1.807, 2.05) is 5.32 Å². The Balaban J connectivity index is 2.88. The highest BCUT2D eigenvalue weighted by Gasteiger charge is 2.24. The summed E-state index contributed by atoms with van der Waals surface area (Å²) in [6, 6.07) is 1.63. The van der Waals surface area contributed by atoms with Crippen molar-refractivity contribution in [1.82, 2.24) is 5.32 Å². The molecule has 0 aromatic heterocycles. The van der Waals surface area contributed by atoms with Gasteiger partial charge in [0.25, 0.3) is 5.91 Å². The highest BCUT2D eigenvalue weighted by atomic mass is 19.1. The van der Waals surface area contributed by atoms with Gasteiger partial charge in [-0.3, -0.25) is 9.59 Å². The number of hydrogen-bond acceptors (Lipinski definition) is 4. The second-order valence-corrected chi connectivity index (χ2v) is 3.81. The number of aliphatic carboxylic acids is 2. The fraction of sp³-hybridized carbons (Fsp3) is 0.250. The van der Waals surface area contributed by atoms with Crippen molar-refractivity contribution in [3.63, 3.8) is 0 Å². The molecular formula is C12H12FNO6. The maximum atomic E-state index is 13.2. The minimum absolute atomic E-state index is 0.0418. The molecule has 1 atom stereocenters. The Bertz CT molecular complexity index is 545. The Morgan fingerprint density at radius 1 is 1.35 bits per heavy atom. The summed E-state index contributed by atoms with van der Waals surface area (Å²) in [5, 5.41) is 19.4. The third-order valence-corrected chi connectivity index (χ3v) is 2.40. The molecule has 0 saturated heterocycles. The van der Waals surface area contributed by atoms with Crippen molar-refractivity contribution in [2.75, 3.05) is 7.11 Å². The van der Waals surface area contributed by atoms with E-state index in [2.05, 4.69) is 4.74 Å². The normalized spacial score (nSPS) is 11.5. The minimum atomic E-state index is -1.57. The molecule has 1 amide bonds. The summed E-state index contributed by atoms with van der Waals surface area (Å²) in [4.78, 5) is 33.1. The summed E-state index contributed by atoms with van der Waals surface area (Å²) < 4.78 is 17.9. The maximum absolute atomic E-state index is 13.2. The third-order valence-electron chi connectivity index (χ3n) is 2.40. The summed E-state index contributed by atoms with van der Waals surface area (Å²) in [7, 11) is 1.21. The number of ether oxygens (including phenoxy) is 1. The van der Waals surface area contributed by atoms with Crippen LogP contribution >= 0.6 is 0 Å². The Kier molecular flexibility index (Phi) is 5.01. The number of carbonyl (C=O) groups is 3. The molecule has 8 heteroatoms. The second-order valence-electron chi connectivity index (χ2n) is 3.81. The maximum Gasteiger partial charge on any atom is 0.326 e. The number of halogens is 1. The van der Waals surface area contributed by atoms with Gasteiger partial charge in [0.2, 0.25) is 0 Å². The second kappa shape index (κ2) is 6.50. The third kappa shape index (κ3) is 3.94. The van der Waals surface area contributed by atoms with Crippen LogP contribution in [0, 0.1) is 5.82 Å². The number of hydrogen-bond donors (Lipinski definition) is 3. The van der Waals surface area contributed by atoms with E-state index in [4.69, 9.17) is 10.2 Å². The fourth-order valence-corrected chi connectivity index (χ4v) is 1.42. The topological polar surface area (TPSA) is 113 Å². The largest absolute Gasteiger partial charge is 0.494 e. The van der Waals surface area contributed by atoms with E-state index >= 15 is 0 Å². The number of carboxylic acid groups (broad SMARTS) is 2. The quantitative estimate of drug-likeness (QED) is 0.701. The van der Waals surface area contributed by atoms with Gasteiger partial charge < -0.3 is 20.3 Å². The van der Waals surface area contributed by atoms with Crippen molar-refractivity contribution in [3.05, 3.63) is 29.6 Å². The van der Waals surface area contributed by atoms with Crippen LogP contribution in [0.15, 0.2) is 18.2 Å². The van der Waals surface area contributed by atoms with Gasteiger partial charge in [-0.05, 0) is 18.2 Å². The number of carbonyl (C=O) groups excluding carboxylic acids is 1. The zero-order chi connectivity index (χ0) is 15.3. The number of methoxy groups -OCH3 is 1. The molecule has 108 valence electrons. The van der Waals surface area contributed by atoms with E-state index in [1.165, 1.54) is 7.11 Å². The van der Waals surface area contributed by atoms with Crippen LogP contribution in [-0.2, 0) is 9.59 Å². The Morgan fingerprint density at radius 3 is 2.50 bits per heavy atom. The molecule has 0 bridgehead atoms. The Hall–Kier alpha value is -2.64. The number of rotatable bonds is 6. The predicted octanol–water partition coefficient (Wildman–Crippen LogP) is 0.492. The van der Waals surface area contributed by atoms with Gasteiger partial charge >= 0.3 is 11.9 Å². The van der Waals surface area contributed by atoms with Crippen LogP contribution in [0.2, 0.25) is 0 Å². The lowest BCUT2D eigenvalue weighted by Gasteiger charge is -2.13. The monoisotopic (exact) mass is 285 g/mol. The van der Waals surface area contributed by atoms with Crippen LogP contribution in [0.5, 0.6) is 5.75 Å². The van der Waals surface area contributed by atoms with Crippen molar-refractivity contribution in [3.8, 4) is 5.75 Å². The molecule has 1 unspecified atom stereocenters. The van der Waals surface area contributed by atoms with Gasteiger partial charge in [-0.2, -0.15) is 0 Å². The molecule has 0 aliphatic carbocycles. The van der Waals surface area contributed by atoms with E-state index in [0.29, 0.717) is 0 Å². The first-order chi connectivity index (χ1) is 9.35. The molecule has 0 aliphatic rings. The molecule has 7 nitrogen and oxygen atoms in total. The van der Waals surface area contributed by atoms with E-state index < -0.39 is 36.1 Å². The molecule has 0 heterocycles. The highest BCUT2D eigenvalue weighted by molar-refractivity contribution is 5.97. The first kappa shape index (κ1) is 15.4. The van der Waals surface area contributed by atoms with Gasteiger partial charge in [0.15, 0.2) is 11.6 Å². The zero-order valence-corrected chi connectivity index (χ0v) is 10.4. The van der Waals surface area contributed by atoms with Crippen molar-refractivity contribution in [2.24, 2.45) is 0 Å². The Morgan fingerprint density at radius 2 is 2.00 bits per heavy atom. The Labute approximate surface area is 113 Å². The van der Waals surface area contributed by atoms with Crippen LogP contribution in [0.3, 0.4) is 0 Å². The number of carboxylic acids is 2. The van der Waals surface area contributed by atoms with Gasteiger partial charge in [0, 0.05) is 5.56 Å². The van der Waals surface area contributed by atoms with E-state index in [1.54, 1.807) is 0 Å². The first-order valence-electron chi connectivity index (χ1n) is 5.44. The predicted molar refractivity (Wildman–Crippen MR) is 64.1 cm³/mol. The number of benzene rings is 1. The van der Waals surface area contributed by atoms with E-state index in [0.717, 1.165) is 18.2 Å². The minimum Gasteiger partial charge on any atom is -0.494 e. The number of amides is 1. The van der Waals surface area contributed by atoms with Gasteiger partial charge in [-0.25, -0.2) is 9.18 Å². The van der Waals surface area contributed by atoms with Crippen molar-refractivity contribution >= 4 is 17.8 Å². The van der Waals surface area contributed by atoms with Crippen molar-refractivity contribution in [2.45, 2.75) is 12.5 Å². The van der Waals surface area contributed by atoms with Crippen molar-refractivity contribution in [1.29, 1.82) is 0 Å². The standard InChI is InChI=1S/C12H12FNO6/c1-20-9-4-6(2-3-7(9)13)11(17)14-8(12(18)19)5-10(15)16/h2-4,8H,5H2,1H3,(H,14,17)(H,15,16)(H,18,19).